The van der Waals surface area contributed by atoms with Crippen LogP contribution in [0.1, 0.15) is 19.4 Å². The quantitative estimate of drug-likeness (QED) is 0.328. The molecule has 94 valence electrons. The van der Waals surface area contributed by atoms with Gasteiger partial charge in [0, 0.05) is 12.2 Å². The van der Waals surface area contributed by atoms with Gasteiger partial charge in [-0.2, -0.15) is 0 Å². The van der Waals surface area contributed by atoms with Gasteiger partial charge in [0.2, 0.25) is 0 Å². The van der Waals surface area contributed by atoms with Gasteiger partial charge in [-0.15, -0.1) is 0 Å². The third-order valence-electron chi connectivity index (χ3n) is 2.06. The summed E-state index contributed by atoms with van der Waals surface area (Å²) in [6, 6.07) is 5.12. The van der Waals surface area contributed by atoms with Crippen LogP contribution < -0.4 is 15.2 Å². The van der Waals surface area contributed by atoms with Crippen molar-refractivity contribution in [3.63, 3.8) is 0 Å². The minimum atomic E-state index is 0.00214. The third-order valence-corrected chi connectivity index (χ3v) is 2.06. The van der Waals surface area contributed by atoms with Crippen molar-refractivity contribution in [1.82, 2.24) is 0 Å². The van der Waals surface area contributed by atoms with Crippen LogP contribution in [0.4, 0.5) is 0 Å². The Morgan fingerprint density at radius 1 is 1.18 bits per heavy atom. The Kier molecular flexibility index (Phi) is 5.29. The van der Waals surface area contributed by atoms with E-state index in [2.05, 4.69) is 0 Å². The summed E-state index contributed by atoms with van der Waals surface area (Å²) in [7, 11) is 0. The number of nitrogens with one attached hydrogen (secondary N) is 1. The minimum Gasteiger partial charge on any atom is -0.490 e. The highest BCUT2D eigenvalue weighted by atomic mass is 16.7. The molecule has 0 radical (unpaired) electrons. The molecule has 0 heterocycles. The zero-order valence-corrected chi connectivity index (χ0v) is 10.2. The Bertz CT molecular complexity index is 380. The Balaban J connectivity index is 2.83. The Hall–Kier alpha value is -1.75. The average molecular weight is 238 g/mol. The van der Waals surface area contributed by atoms with Crippen molar-refractivity contribution in [1.29, 1.82) is 5.41 Å². The Morgan fingerprint density at radius 2 is 1.94 bits per heavy atom. The molecule has 0 amide bonds. The van der Waals surface area contributed by atoms with E-state index in [4.69, 9.17) is 25.4 Å². The monoisotopic (exact) mass is 238 g/mol. The van der Waals surface area contributed by atoms with Gasteiger partial charge in [0.05, 0.1) is 6.61 Å². The van der Waals surface area contributed by atoms with Crippen LogP contribution in [0.3, 0.4) is 0 Å². The molecule has 1 aromatic carbocycles. The fourth-order valence-electron chi connectivity index (χ4n) is 1.25. The molecule has 3 N–H and O–H groups in total. The molecule has 0 aliphatic heterocycles. The number of benzene rings is 1. The van der Waals surface area contributed by atoms with Crippen molar-refractivity contribution >= 4 is 5.84 Å². The minimum absolute atomic E-state index is 0.00214. The van der Waals surface area contributed by atoms with Gasteiger partial charge in [-0.05, 0) is 32.0 Å². The molecule has 0 bridgehead atoms. The normalized spacial score (nSPS) is 10.0. The lowest BCUT2D eigenvalue weighted by Gasteiger charge is -2.12. The van der Waals surface area contributed by atoms with Crippen LogP contribution in [0.25, 0.3) is 0 Å². The maximum absolute atomic E-state index is 7.36. The van der Waals surface area contributed by atoms with Crippen LogP contribution in [0.2, 0.25) is 0 Å². The molecule has 5 heteroatoms. The van der Waals surface area contributed by atoms with E-state index in [-0.39, 0.29) is 12.6 Å². The first kappa shape index (κ1) is 13.3. The summed E-state index contributed by atoms with van der Waals surface area (Å²) in [5, 5.41) is 7.36. The van der Waals surface area contributed by atoms with Gasteiger partial charge < -0.3 is 19.9 Å². The molecule has 0 spiro atoms. The van der Waals surface area contributed by atoms with Gasteiger partial charge in [-0.3, -0.25) is 5.41 Å². The van der Waals surface area contributed by atoms with E-state index in [1.54, 1.807) is 18.2 Å². The zero-order valence-electron chi connectivity index (χ0n) is 10.2. The maximum Gasteiger partial charge on any atom is 0.189 e. The van der Waals surface area contributed by atoms with E-state index in [0.717, 1.165) is 0 Å². The third kappa shape index (κ3) is 3.96. The van der Waals surface area contributed by atoms with Crippen molar-refractivity contribution in [2.75, 3.05) is 20.0 Å². The first-order chi connectivity index (χ1) is 8.19. The second kappa shape index (κ2) is 6.75. The molecule has 1 rings (SSSR count). The van der Waals surface area contributed by atoms with E-state index in [1.165, 1.54) is 0 Å². The second-order valence-corrected chi connectivity index (χ2v) is 3.26. The van der Waals surface area contributed by atoms with Gasteiger partial charge in [-0.1, -0.05) is 0 Å². The molecule has 0 fully saturated rings. The van der Waals surface area contributed by atoms with Gasteiger partial charge in [0.15, 0.2) is 18.3 Å². The lowest BCUT2D eigenvalue weighted by molar-refractivity contribution is 0.0206. The highest BCUT2D eigenvalue weighted by molar-refractivity contribution is 5.95. The standard InChI is InChI=1S/C12H18N2O3/c1-3-15-8-17-10-6-5-9(12(13)14)7-11(10)16-4-2/h5-7H,3-4,8H2,1-2H3,(H3,13,14). The zero-order chi connectivity index (χ0) is 12.7. The number of hydrogen-bond donors (Lipinski definition) is 2. The molecule has 0 unspecified atom stereocenters. The van der Waals surface area contributed by atoms with Crippen LogP contribution in [0, 0.1) is 5.41 Å². The van der Waals surface area contributed by atoms with Crippen LogP contribution >= 0.6 is 0 Å². The number of hydrogen-bond acceptors (Lipinski definition) is 4. The molecule has 0 aliphatic rings. The molecule has 5 nitrogen and oxygen atoms in total. The van der Waals surface area contributed by atoms with E-state index >= 15 is 0 Å². The smallest absolute Gasteiger partial charge is 0.189 e. The molecule has 0 aromatic heterocycles. The van der Waals surface area contributed by atoms with Gasteiger partial charge in [0.1, 0.15) is 5.84 Å². The number of amidine groups is 1. The van der Waals surface area contributed by atoms with Gasteiger partial charge >= 0.3 is 0 Å². The first-order valence-corrected chi connectivity index (χ1v) is 5.50. The Labute approximate surface area is 101 Å². The van der Waals surface area contributed by atoms with Crippen LogP contribution in [-0.2, 0) is 4.74 Å². The van der Waals surface area contributed by atoms with Crippen molar-refractivity contribution in [2.24, 2.45) is 5.73 Å². The van der Waals surface area contributed by atoms with Gasteiger partial charge in [0.25, 0.3) is 0 Å². The summed E-state index contributed by atoms with van der Waals surface area (Å²) in [5.74, 6) is 1.16. The number of rotatable bonds is 7. The van der Waals surface area contributed by atoms with E-state index in [0.29, 0.717) is 30.3 Å². The molecular formula is C12H18N2O3. The van der Waals surface area contributed by atoms with E-state index in [1.807, 2.05) is 13.8 Å². The molecule has 1 aromatic rings. The molecule has 0 saturated heterocycles. The average Bonchev–Trinajstić information content (AvgIpc) is 2.31. The summed E-state index contributed by atoms with van der Waals surface area (Å²) in [6.07, 6.45) is 0. The van der Waals surface area contributed by atoms with E-state index < -0.39 is 0 Å². The lowest BCUT2D eigenvalue weighted by Crippen LogP contribution is -2.12. The summed E-state index contributed by atoms with van der Waals surface area (Å²) < 4.78 is 15.9. The van der Waals surface area contributed by atoms with Gasteiger partial charge in [-0.25, -0.2) is 0 Å². The SMILES string of the molecule is CCOCOc1ccc(C(=N)N)cc1OCC. The van der Waals surface area contributed by atoms with Crippen molar-refractivity contribution in [3.8, 4) is 11.5 Å². The number of ether oxygens (including phenoxy) is 3. The maximum atomic E-state index is 7.36. The lowest BCUT2D eigenvalue weighted by atomic mass is 10.2. The molecule has 17 heavy (non-hydrogen) atoms. The number of nitrogen functional groups attached to an aromatic ring is 1. The molecular weight excluding hydrogens is 220 g/mol. The largest absolute Gasteiger partial charge is 0.490 e. The summed E-state index contributed by atoms with van der Waals surface area (Å²) in [5.41, 5.74) is 6.02. The predicted molar refractivity (Wildman–Crippen MR) is 65.7 cm³/mol. The summed E-state index contributed by atoms with van der Waals surface area (Å²) in [4.78, 5) is 0. The topological polar surface area (TPSA) is 77.6 Å². The van der Waals surface area contributed by atoms with Crippen LogP contribution in [0.5, 0.6) is 11.5 Å². The molecule has 0 saturated carbocycles. The number of nitrogens with two attached hydrogens (primary N) is 1. The summed E-state index contributed by atoms with van der Waals surface area (Å²) in [6.45, 7) is 5.07. The highest BCUT2D eigenvalue weighted by Crippen LogP contribution is 2.28. The highest BCUT2D eigenvalue weighted by Gasteiger charge is 2.07. The van der Waals surface area contributed by atoms with E-state index in [9.17, 15) is 0 Å². The molecule has 0 aliphatic carbocycles. The van der Waals surface area contributed by atoms with Crippen molar-refractivity contribution in [3.05, 3.63) is 23.8 Å². The van der Waals surface area contributed by atoms with Crippen LogP contribution in [0.15, 0.2) is 18.2 Å². The Morgan fingerprint density at radius 3 is 2.53 bits per heavy atom. The van der Waals surface area contributed by atoms with Crippen molar-refractivity contribution < 1.29 is 14.2 Å². The fourth-order valence-corrected chi connectivity index (χ4v) is 1.25. The van der Waals surface area contributed by atoms with Crippen molar-refractivity contribution in [2.45, 2.75) is 13.8 Å². The van der Waals surface area contributed by atoms with Crippen LogP contribution in [-0.4, -0.2) is 25.8 Å². The second-order valence-electron chi connectivity index (χ2n) is 3.26. The summed E-state index contributed by atoms with van der Waals surface area (Å²) >= 11 is 0. The fraction of sp³-hybridized carbons (Fsp3) is 0.417. The predicted octanol–water partition coefficient (Wildman–Crippen LogP) is 1.74. The molecule has 0 atom stereocenters. The first-order valence-electron chi connectivity index (χ1n) is 5.50.